The third kappa shape index (κ3) is 1.87. The molecule has 3 N–H and O–H groups in total. The zero-order chi connectivity index (χ0) is 10.8. The summed E-state index contributed by atoms with van der Waals surface area (Å²) in [6.45, 7) is 5.23. The molecule has 2 aliphatic heterocycles. The Morgan fingerprint density at radius 3 is 2.75 bits per heavy atom. The Labute approximate surface area is 97.6 Å². The molecule has 0 unspecified atom stereocenters. The van der Waals surface area contributed by atoms with Gasteiger partial charge in [-0.05, 0) is 19.3 Å². The number of nitrogens with one attached hydrogen (secondary N) is 1. The van der Waals surface area contributed by atoms with Crippen molar-refractivity contribution in [2.45, 2.75) is 31.8 Å². The molecular formula is C14H22N2+2. The van der Waals surface area contributed by atoms with Crippen molar-refractivity contribution in [2.75, 3.05) is 19.6 Å². The van der Waals surface area contributed by atoms with E-state index in [1.54, 1.807) is 11.1 Å². The van der Waals surface area contributed by atoms with E-state index in [1.807, 2.05) is 4.90 Å². The fourth-order valence-corrected chi connectivity index (χ4v) is 3.33. The maximum atomic E-state index is 2.48. The second-order valence-corrected chi connectivity index (χ2v) is 5.20. The van der Waals surface area contributed by atoms with Crippen molar-refractivity contribution in [3.8, 4) is 0 Å². The lowest BCUT2D eigenvalue weighted by Gasteiger charge is -2.33. The molecular weight excluding hydrogens is 196 g/mol. The van der Waals surface area contributed by atoms with Crippen LogP contribution in [0.2, 0.25) is 0 Å². The Morgan fingerprint density at radius 2 is 1.88 bits per heavy atom. The first-order valence-electron chi connectivity index (χ1n) is 6.69. The third-order valence-electron chi connectivity index (χ3n) is 4.19. The molecule has 1 fully saturated rings. The van der Waals surface area contributed by atoms with Crippen LogP contribution in [0.5, 0.6) is 0 Å². The van der Waals surface area contributed by atoms with Crippen LogP contribution in [-0.2, 0) is 6.54 Å². The van der Waals surface area contributed by atoms with Crippen LogP contribution in [0.3, 0.4) is 0 Å². The highest BCUT2D eigenvalue weighted by Gasteiger charge is 2.31. The number of hydrogen-bond acceptors (Lipinski definition) is 0. The predicted molar refractivity (Wildman–Crippen MR) is 64.2 cm³/mol. The monoisotopic (exact) mass is 218 g/mol. The summed E-state index contributed by atoms with van der Waals surface area (Å²) in [5, 5.41) is 2.48. The Balaban J connectivity index is 1.86. The normalized spacial score (nSPS) is 26.4. The average molecular weight is 218 g/mol. The minimum Gasteiger partial charge on any atom is -0.337 e. The molecule has 0 radical (unpaired) electrons. The van der Waals surface area contributed by atoms with Crippen LogP contribution in [0.1, 0.15) is 36.4 Å². The highest BCUT2D eigenvalue weighted by Crippen LogP contribution is 2.17. The molecule has 2 aliphatic rings. The van der Waals surface area contributed by atoms with E-state index < -0.39 is 0 Å². The highest BCUT2D eigenvalue weighted by atomic mass is 15.2. The van der Waals surface area contributed by atoms with E-state index in [0.717, 1.165) is 6.04 Å². The lowest BCUT2D eigenvalue weighted by Crippen LogP contribution is -3.16. The Morgan fingerprint density at radius 1 is 1.06 bits per heavy atom. The van der Waals surface area contributed by atoms with Crippen LogP contribution in [0.25, 0.3) is 0 Å². The number of likely N-dealkylation sites (tertiary alicyclic amines) is 1. The second-order valence-electron chi connectivity index (χ2n) is 5.20. The molecule has 0 bridgehead atoms. The molecule has 1 saturated heterocycles. The van der Waals surface area contributed by atoms with E-state index in [1.165, 1.54) is 45.4 Å². The molecule has 2 heterocycles. The molecule has 1 aromatic rings. The van der Waals surface area contributed by atoms with Gasteiger partial charge in [-0.3, -0.25) is 0 Å². The first-order valence-corrected chi connectivity index (χ1v) is 6.69. The molecule has 0 aliphatic carbocycles. The fourth-order valence-electron chi connectivity index (χ4n) is 3.33. The minimum atomic E-state index is 0.755. The number of hydrogen-bond donors (Lipinski definition) is 2. The number of piperidine rings is 1. The molecule has 0 saturated carbocycles. The molecule has 86 valence electrons. The Kier molecular flexibility index (Phi) is 2.94. The van der Waals surface area contributed by atoms with Crippen molar-refractivity contribution in [1.82, 2.24) is 0 Å². The molecule has 0 spiro atoms. The molecule has 0 amide bonds. The summed E-state index contributed by atoms with van der Waals surface area (Å²) >= 11 is 0. The number of fused-ring (bicyclic) bond motifs is 1. The van der Waals surface area contributed by atoms with Crippen molar-refractivity contribution in [3.05, 3.63) is 35.4 Å². The summed E-state index contributed by atoms with van der Waals surface area (Å²) in [5.74, 6) is 0. The maximum Gasteiger partial charge on any atom is 0.163 e. The van der Waals surface area contributed by atoms with Crippen molar-refractivity contribution >= 4 is 0 Å². The quantitative estimate of drug-likeness (QED) is 0.655. The second kappa shape index (κ2) is 4.56. The van der Waals surface area contributed by atoms with E-state index in [4.69, 9.17) is 0 Å². The summed E-state index contributed by atoms with van der Waals surface area (Å²) in [6.07, 6.45) is 4.30. The van der Waals surface area contributed by atoms with E-state index >= 15 is 0 Å². The average Bonchev–Trinajstić information content (AvgIpc) is 2.39. The Bertz CT molecular complexity index is 356. The predicted octanol–water partition coefficient (Wildman–Crippen LogP) is -0.126. The summed E-state index contributed by atoms with van der Waals surface area (Å²) in [6, 6.07) is 9.81. The van der Waals surface area contributed by atoms with Crippen LogP contribution in [0.15, 0.2) is 24.3 Å². The van der Waals surface area contributed by atoms with Gasteiger partial charge in [0.2, 0.25) is 0 Å². The van der Waals surface area contributed by atoms with Gasteiger partial charge in [0.15, 0.2) is 6.04 Å². The molecule has 3 rings (SSSR count). The van der Waals surface area contributed by atoms with E-state index in [2.05, 4.69) is 29.6 Å². The largest absolute Gasteiger partial charge is 0.337 e. The topological polar surface area (TPSA) is 21.1 Å². The van der Waals surface area contributed by atoms with Gasteiger partial charge in [-0.25, -0.2) is 0 Å². The van der Waals surface area contributed by atoms with Gasteiger partial charge in [-0.2, -0.15) is 0 Å². The zero-order valence-electron chi connectivity index (χ0n) is 9.91. The molecule has 1 aromatic carbocycles. The standard InChI is InChI=1S/C14H20N2/c1-4-8-16(9-5-1)14-11-15-10-12-6-2-3-7-13(12)14/h2-3,6-7,14-15H,1,4-5,8-11H2/p+2/t14-/m1/s1. The van der Waals surface area contributed by atoms with Gasteiger partial charge in [0.05, 0.1) is 13.1 Å². The maximum absolute atomic E-state index is 2.48. The SMILES string of the molecule is c1ccc2c(c1)C[NH2+]C[C@H]2[NH+]1CCCCC1. The van der Waals surface area contributed by atoms with Crippen molar-refractivity contribution in [3.63, 3.8) is 0 Å². The highest BCUT2D eigenvalue weighted by molar-refractivity contribution is 5.29. The summed E-state index contributed by atoms with van der Waals surface area (Å²) in [4.78, 5) is 1.83. The number of rotatable bonds is 1. The van der Waals surface area contributed by atoms with E-state index in [-0.39, 0.29) is 0 Å². The molecule has 16 heavy (non-hydrogen) atoms. The third-order valence-corrected chi connectivity index (χ3v) is 4.19. The van der Waals surface area contributed by atoms with Gasteiger partial charge < -0.3 is 10.2 Å². The van der Waals surface area contributed by atoms with Crippen molar-refractivity contribution < 1.29 is 10.2 Å². The number of nitrogens with two attached hydrogens (primary N) is 1. The van der Waals surface area contributed by atoms with Gasteiger partial charge >= 0.3 is 0 Å². The first kappa shape index (κ1) is 10.3. The molecule has 1 atom stereocenters. The van der Waals surface area contributed by atoms with Crippen LogP contribution in [-0.4, -0.2) is 19.6 Å². The number of quaternary nitrogens is 2. The zero-order valence-corrected chi connectivity index (χ0v) is 9.91. The van der Waals surface area contributed by atoms with Crippen LogP contribution < -0.4 is 10.2 Å². The lowest BCUT2D eigenvalue weighted by atomic mass is 9.94. The molecule has 0 aromatic heterocycles. The fraction of sp³-hybridized carbons (Fsp3) is 0.571. The lowest BCUT2D eigenvalue weighted by molar-refractivity contribution is -0.952. The smallest absolute Gasteiger partial charge is 0.163 e. The van der Waals surface area contributed by atoms with Crippen LogP contribution >= 0.6 is 0 Å². The van der Waals surface area contributed by atoms with Crippen molar-refractivity contribution in [2.24, 2.45) is 0 Å². The summed E-state index contributed by atoms with van der Waals surface area (Å²) in [5.41, 5.74) is 3.19. The van der Waals surface area contributed by atoms with Gasteiger partial charge in [0.25, 0.3) is 0 Å². The van der Waals surface area contributed by atoms with Gasteiger partial charge in [0.1, 0.15) is 13.1 Å². The first-order chi connectivity index (χ1) is 7.95. The number of benzene rings is 1. The van der Waals surface area contributed by atoms with Crippen LogP contribution in [0, 0.1) is 0 Å². The summed E-state index contributed by atoms with van der Waals surface area (Å²) < 4.78 is 0. The Hall–Kier alpha value is -0.860. The molecule has 2 heteroatoms. The van der Waals surface area contributed by atoms with Gasteiger partial charge in [0, 0.05) is 11.1 Å². The van der Waals surface area contributed by atoms with Gasteiger partial charge in [-0.1, -0.05) is 24.3 Å². The van der Waals surface area contributed by atoms with Gasteiger partial charge in [-0.15, -0.1) is 0 Å². The minimum absolute atomic E-state index is 0.755. The van der Waals surface area contributed by atoms with E-state index in [0.29, 0.717) is 0 Å². The summed E-state index contributed by atoms with van der Waals surface area (Å²) in [7, 11) is 0. The van der Waals surface area contributed by atoms with Crippen LogP contribution in [0.4, 0.5) is 0 Å². The van der Waals surface area contributed by atoms with Crippen molar-refractivity contribution in [1.29, 1.82) is 0 Å². The van der Waals surface area contributed by atoms with E-state index in [9.17, 15) is 0 Å². The molecule has 2 nitrogen and oxygen atoms in total.